The number of hydrogen-bond acceptors (Lipinski definition) is 4. The van der Waals surface area contributed by atoms with Gasteiger partial charge in [0.1, 0.15) is 6.04 Å². The van der Waals surface area contributed by atoms with Crippen LogP contribution in [0.2, 0.25) is 0 Å². The Labute approximate surface area is 98.2 Å². The van der Waals surface area contributed by atoms with Gasteiger partial charge in [-0.05, 0) is 24.7 Å². The van der Waals surface area contributed by atoms with Gasteiger partial charge in [-0.3, -0.25) is 4.79 Å². The summed E-state index contributed by atoms with van der Waals surface area (Å²) in [5, 5.41) is 14.3. The minimum atomic E-state index is -0.566. The predicted octanol–water partition coefficient (Wildman–Crippen LogP) is 0.975. The van der Waals surface area contributed by atoms with E-state index in [-0.39, 0.29) is 11.7 Å². The van der Waals surface area contributed by atoms with Gasteiger partial charge in [-0.1, -0.05) is 0 Å². The van der Waals surface area contributed by atoms with Crippen LogP contribution in [-0.2, 0) is 4.79 Å². The maximum atomic E-state index is 12.0. The quantitative estimate of drug-likeness (QED) is 0.580. The van der Waals surface area contributed by atoms with Crippen LogP contribution < -0.4 is 0 Å². The lowest BCUT2D eigenvalue weighted by molar-refractivity contribution is -0.389. The second kappa shape index (κ2) is 4.52. The third-order valence-corrected chi connectivity index (χ3v) is 2.95. The normalized spacial score (nSPS) is 17.1. The van der Waals surface area contributed by atoms with Gasteiger partial charge in [-0.15, -0.1) is 0 Å². The van der Waals surface area contributed by atoms with Gasteiger partial charge in [0.15, 0.2) is 0 Å². The molecule has 1 atom stereocenters. The van der Waals surface area contributed by atoms with Gasteiger partial charge in [0.25, 0.3) is 0 Å². The summed E-state index contributed by atoms with van der Waals surface area (Å²) in [5.41, 5.74) is 0. The molecule has 7 heteroatoms. The molecular weight excluding hydrogens is 224 g/mol. The molecule has 1 unspecified atom stereocenters. The molecule has 1 aliphatic heterocycles. The molecule has 92 valence electrons. The maximum absolute atomic E-state index is 12.0. The average molecular weight is 238 g/mol. The molecule has 0 radical (unpaired) electrons. The van der Waals surface area contributed by atoms with Crippen molar-refractivity contribution in [3.05, 3.63) is 22.4 Å². The van der Waals surface area contributed by atoms with Crippen molar-refractivity contribution in [2.24, 2.45) is 0 Å². The van der Waals surface area contributed by atoms with Crippen LogP contribution in [0.3, 0.4) is 0 Å². The van der Waals surface area contributed by atoms with Crippen LogP contribution in [0.25, 0.3) is 0 Å². The minimum Gasteiger partial charge on any atom is -0.358 e. The van der Waals surface area contributed by atoms with Crippen LogP contribution in [0.1, 0.15) is 25.8 Å². The lowest BCUT2D eigenvalue weighted by atomic mass is 10.3. The molecule has 1 aliphatic rings. The van der Waals surface area contributed by atoms with E-state index < -0.39 is 11.0 Å². The van der Waals surface area contributed by atoms with Crippen LogP contribution in [0, 0.1) is 10.1 Å². The van der Waals surface area contributed by atoms with Gasteiger partial charge in [-0.25, -0.2) is 0 Å². The molecule has 1 aromatic rings. The summed E-state index contributed by atoms with van der Waals surface area (Å²) in [4.78, 5) is 23.7. The van der Waals surface area contributed by atoms with Crippen molar-refractivity contribution in [1.29, 1.82) is 0 Å². The average Bonchev–Trinajstić information content (AvgIpc) is 2.97. The Morgan fingerprint density at radius 1 is 1.53 bits per heavy atom. The Bertz CT molecular complexity index is 437. The highest BCUT2D eigenvalue weighted by atomic mass is 16.6. The fraction of sp³-hybridized carbons (Fsp3) is 0.600. The lowest BCUT2D eigenvalue weighted by Gasteiger charge is -2.18. The molecule has 1 amide bonds. The first-order valence-corrected chi connectivity index (χ1v) is 5.58. The van der Waals surface area contributed by atoms with Crippen molar-refractivity contribution >= 4 is 11.7 Å². The van der Waals surface area contributed by atoms with E-state index in [1.807, 2.05) is 0 Å². The molecule has 0 spiro atoms. The molecule has 0 aromatic carbocycles. The molecule has 0 bridgehead atoms. The Balaban J connectivity index is 2.09. The number of carbonyl (C=O) groups excluding carboxylic acids is 1. The van der Waals surface area contributed by atoms with Crippen molar-refractivity contribution in [2.45, 2.75) is 25.8 Å². The highest BCUT2D eigenvalue weighted by Gasteiger charge is 2.27. The lowest BCUT2D eigenvalue weighted by Crippen LogP contribution is -2.34. The molecule has 2 rings (SSSR count). The van der Waals surface area contributed by atoms with E-state index in [9.17, 15) is 14.9 Å². The van der Waals surface area contributed by atoms with E-state index in [0.717, 1.165) is 25.9 Å². The predicted molar refractivity (Wildman–Crippen MR) is 59.4 cm³/mol. The molecule has 17 heavy (non-hydrogen) atoms. The topological polar surface area (TPSA) is 81.3 Å². The third-order valence-electron chi connectivity index (χ3n) is 2.95. The van der Waals surface area contributed by atoms with Gasteiger partial charge < -0.3 is 15.0 Å². The smallest absolute Gasteiger partial charge is 0.358 e. The van der Waals surface area contributed by atoms with E-state index in [1.54, 1.807) is 11.8 Å². The zero-order valence-corrected chi connectivity index (χ0v) is 9.57. The van der Waals surface area contributed by atoms with Crippen molar-refractivity contribution < 1.29 is 9.72 Å². The highest BCUT2D eigenvalue weighted by molar-refractivity contribution is 5.80. The summed E-state index contributed by atoms with van der Waals surface area (Å²) < 4.78 is 1.35. The van der Waals surface area contributed by atoms with Gasteiger partial charge in [0, 0.05) is 13.1 Å². The fourth-order valence-electron chi connectivity index (χ4n) is 1.96. The standard InChI is InChI=1S/C10H14N4O3/c1-8(10(15)12-5-2-3-6-12)13-7-4-9(11-13)14(16)17/h4,7-8H,2-3,5-6H2,1H3. The molecule has 2 heterocycles. The van der Waals surface area contributed by atoms with Crippen molar-refractivity contribution in [3.8, 4) is 0 Å². The fourth-order valence-corrected chi connectivity index (χ4v) is 1.96. The Kier molecular flexibility index (Phi) is 3.08. The molecule has 0 aliphatic carbocycles. The van der Waals surface area contributed by atoms with Crippen molar-refractivity contribution in [2.75, 3.05) is 13.1 Å². The summed E-state index contributed by atoms with van der Waals surface area (Å²) in [6.07, 6.45) is 3.52. The molecule has 0 N–H and O–H groups in total. The van der Waals surface area contributed by atoms with Gasteiger partial charge in [-0.2, -0.15) is 4.68 Å². The van der Waals surface area contributed by atoms with Crippen LogP contribution in [-0.4, -0.2) is 38.6 Å². The van der Waals surface area contributed by atoms with Gasteiger partial charge in [0.05, 0.1) is 17.4 Å². The Hall–Kier alpha value is -1.92. The van der Waals surface area contributed by atoms with E-state index in [1.165, 1.54) is 16.9 Å². The SMILES string of the molecule is CC(C(=O)N1CCCC1)n1ccc([N+](=O)[O-])n1. The Morgan fingerprint density at radius 2 is 2.18 bits per heavy atom. The van der Waals surface area contributed by atoms with E-state index >= 15 is 0 Å². The zero-order valence-electron chi connectivity index (χ0n) is 9.57. The van der Waals surface area contributed by atoms with Crippen LogP contribution in [0.4, 0.5) is 5.82 Å². The third kappa shape index (κ3) is 2.27. The highest BCUT2D eigenvalue weighted by Crippen LogP contribution is 2.16. The van der Waals surface area contributed by atoms with E-state index in [4.69, 9.17) is 0 Å². The van der Waals surface area contributed by atoms with Crippen molar-refractivity contribution in [3.63, 3.8) is 0 Å². The molecule has 1 aromatic heterocycles. The molecular formula is C10H14N4O3. The molecule has 7 nitrogen and oxygen atoms in total. The first-order valence-electron chi connectivity index (χ1n) is 5.58. The number of nitrogens with zero attached hydrogens (tertiary/aromatic N) is 4. The minimum absolute atomic E-state index is 0.0273. The van der Waals surface area contributed by atoms with Gasteiger partial charge >= 0.3 is 5.82 Å². The van der Waals surface area contributed by atoms with Crippen LogP contribution >= 0.6 is 0 Å². The largest absolute Gasteiger partial charge is 0.389 e. The molecule has 0 saturated carbocycles. The number of aromatic nitrogens is 2. The molecule has 1 saturated heterocycles. The van der Waals surface area contributed by atoms with Crippen molar-refractivity contribution in [1.82, 2.24) is 14.7 Å². The first-order chi connectivity index (χ1) is 8.09. The zero-order chi connectivity index (χ0) is 12.4. The number of hydrogen-bond donors (Lipinski definition) is 0. The first kappa shape index (κ1) is 11.6. The second-order valence-corrected chi connectivity index (χ2v) is 4.12. The summed E-state index contributed by atoms with van der Waals surface area (Å²) in [7, 11) is 0. The maximum Gasteiger partial charge on any atom is 0.389 e. The summed E-state index contributed by atoms with van der Waals surface area (Å²) in [5.74, 6) is -0.258. The number of likely N-dealkylation sites (tertiary alicyclic amines) is 1. The van der Waals surface area contributed by atoms with E-state index in [0.29, 0.717) is 0 Å². The second-order valence-electron chi connectivity index (χ2n) is 4.12. The number of nitro groups is 1. The number of carbonyl (C=O) groups is 1. The van der Waals surface area contributed by atoms with Gasteiger partial charge in [0.2, 0.25) is 5.91 Å². The summed E-state index contributed by atoms with van der Waals surface area (Å²) in [6, 6.07) is 0.815. The number of rotatable bonds is 3. The van der Waals surface area contributed by atoms with Crippen LogP contribution in [0.15, 0.2) is 12.3 Å². The van der Waals surface area contributed by atoms with Crippen LogP contribution in [0.5, 0.6) is 0 Å². The molecule has 1 fully saturated rings. The number of amides is 1. The summed E-state index contributed by atoms with van der Waals surface area (Å²) >= 11 is 0. The Morgan fingerprint density at radius 3 is 2.71 bits per heavy atom. The summed E-state index contributed by atoms with van der Waals surface area (Å²) in [6.45, 7) is 3.25. The monoisotopic (exact) mass is 238 g/mol. The van der Waals surface area contributed by atoms with E-state index in [2.05, 4.69) is 5.10 Å².